The van der Waals surface area contributed by atoms with Gasteiger partial charge in [0.2, 0.25) is 11.8 Å². The number of rotatable bonds is 13. The molecule has 242 valence electrons. The monoisotopic (exact) mass is 658 g/mol. The molecule has 0 spiro atoms. The number of amides is 2. The minimum atomic E-state index is -4.61. The third kappa shape index (κ3) is 8.95. The first-order valence-corrected chi connectivity index (χ1v) is 16.2. The summed E-state index contributed by atoms with van der Waals surface area (Å²) in [5, 5.41) is 14.8. The molecule has 0 bridgehead atoms. The van der Waals surface area contributed by atoms with E-state index in [0.717, 1.165) is 15.9 Å². The first-order chi connectivity index (χ1) is 21.1. The molecule has 0 aliphatic carbocycles. The van der Waals surface area contributed by atoms with Gasteiger partial charge in [-0.15, -0.1) is 0 Å². The number of carbonyl (C=O) groups excluding carboxylic acids is 2. The number of carbonyl (C=O) groups is 2. The summed E-state index contributed by atoms with van der Waals surface area (Å²) in [6, 6.07) is 16.3. The summed E-state index contributed by atoms with van der Waals surface area (Å²) in [4.78, 5) is 39.7. The smallest absolute Gasteiger partial charge is 0.273 e. The summed E-state index contributed by atoms with van der Waals surface area (Å²) in [5.74, 6) is -0.935. The molecule has 3 aromatic rings. The van der Waals surface area contributed by atoms with Gasteiger partial charge in [0.15, 0.2) is 0 Å². The van der Waals surface area contributed by atoms with Gasteiger partial charge in [-0.05, 0) is 70.4 Å². The standard InChI is InChI=1S/C32H39ClN4O7S/c1-7-26(31(39)34-32(3,4)5)35(18-17-23-11-9-8-10-12-23)30(38)21-36(28-19-24(33)14-16-29(28)44-6)45(42,43)25-15-13-22(2)27(20-25)37(40)41/h8-16,19-20,26H,7,17-18,21H2,1-6H3,(H,34,39)/t26-/m1/s1. The second kappa shape index (κ2) is 14.7. The maximum atomic E-state index is 14.3. The SMILES string of the molecule is CC[C@H](C(=O)NC(C)(C)C)N(CCc1ccccc1)C(=O)CN(c1cc(Cl)ccc1OC)S(=O)(=O)c1ccc(C)c([N+](=O)[O-])c1. The fraction of sp³-hybridized carbons (Fsp3) is 0.375. The Morgan fingerprint density at radius 1 is 1.07 bits per heavy atom. The average molecular weight is 659 g/mol. The van der Waals surface area contributed by atoms with Crippen LogP contribution in [-0.4, -0.2) is 61.8 Å². The number of methoxy groups -OCH3 is 1. The summed E-state index contributed by atoms with van der Waals surface area (Å²) in [6.07, 6.45) is 0.670. The van der Waals surface area contributed by atoms with Gasteiger partial charge in [-0.3, -0.25) is 24.0 Å². The molecule has 0 saturated heterocycles. The molecular formula is C32H39ClN4O7S. The van der Waals surface area contributed by atoms with Crippen LogP contribution in [0.4, 0.5) is 11.4 Å². The van der Waals surface area contributed by atoms with E-state index in [2.05, 4.69) is 5.32 Å². The maximum absolute atomic E-state index is 14.3. The van der Waals surface area contributed by atoms with Crippen LogP contribution < -0.4 is 14.4 Å². The molecule has 1 N–H and O–H groups in total. The molecule has 45 heavy (non-hydrogen) atoms. The average Bonchev–Trinajstić information content (AvgIpc) is 2.97. The van der Waals surface area contributed by atoms with Crippen molar-refractivity contribution in [3.63, 3.8) is 0 Å². The minimum Gasteiger partial charge on any atom is -0.495 e. The molecule has 13 heteroatoms. The van der Waals surface area contributed by atoms with Gasteiger partial charge in [-0.2, -0.15) is 0 Å². The summed E-state index contributed by atoms with van der Waals surface area (Å²) < 4.78 is 34.8. The van der Waals surface area contributed by atoms with Gasteiger partial charge >= 0.3 is 0 Å². The zero-order valence-electron chi connectivity index (χ0n) is 26.2. The van der Waals surface area contributed by atoms with Crippen LogP contribution in [-0.2, 0) is 26.0 Å². The lowest BCUT2D eigenvalue weighted by Gasteiger charge is -2.35. The molecule has 0 aromatic heterocycles. The molecule has 3 aromatic carbocycles. The van der Waals surface area contributed by atoms with Gasteiger partial charge in [0, 0.05) is 28.7 Å². The van der Waals surface area contributed by atoms with Crippen LogP contribution in [0.2, 0.25) is 5.02 Å². The number of sulfonamides is 1. The highest BCUT2D eigenvalue weighted by molar-refractivity contribution is 7.92. The molecule has 0 aliphatic heterocycles. The number of benzene rings is 3. The van der Waals surface area contributed by atoms with Crippen LogP contribution in [0.15, 0.2) is 71.6 Å². The molecule has 0 heterocycles. The number of halogens is 1. The van der Waals surface area contributed by atoms with Gasteiger partial charge in [0.1, 0.15) is 18.3 Å². The molecule has 1 atom stereocenters. The van der Waals surface area contributed by atoms with Crippen molar-refractivity contribution in [2.75, 3.05) is 24.5 Å². The Morgan fingerprint density at radius 2 is 1.73 bits per heavy atom. The molecule has 3 rings (SSSR count). The second-order valence-electron chi connectivity index (χ2n) is 11.5. The number of hydrogen-bond acceptors (Lipinski definition) is 7. The first kappa shape index (κ1) is 35.3. The summed E-state index contributed by atoms with van der Waals surface area (Å²) in [6.45, 7) is 8.13. The highest BCUT2D eigenvalue weighted by atomic mass is 35.5. The lowest BCUT2D eigenvalue weighted by molar-refractivity contribution is -0.385. The van der Waals surface area contributed by atoms with Crippen molar-refractivity contribution in [2.45, 2.75) is 63.9 Å². The summed E-state index contributed by atoms with van der Waals surface area (Å²) >= 11 is 6.28. The zero-order valence-corrected chi connectivity index (χ0v) is 27.8. The van der Waals surface area contributed by atoms with E-state index in [1.165, 1.54) is 49.3 Å². The van der Waals surface area contributed by atoms with Crippen molar-refractivity contribution >= 4 is 44.8 Å². The van der Waals surface area contributed by atoms with E-state index in [1.807, 2.05) is 51.1 Å². The lowest BCUT2D eigenvalue weighted by Crippen LogP contribution is -2.56. The van der Waals surface area contributed by atoms with Crippen molar-refractivity contribution in [1.29, 1.82) is 0 Å². The topological polar surface area (TPSA) is 139 Å². The van der Waals surface area contributed by atoms with Gasteiger partial charge < -0.3 is 15.0 Å². The number of aryl methyl sites for hydroxylation is 1. The summed E-state index contributed by atoms with van der Waals surface area (Å²) in [7, 11) is -3.27. The third-order valence-electron chi connectivity index (χ3n) is 7.02. The van der Waals surface area contributed by atoms with Crippen LogP contribution in [0.1, 0.15) is 45.2 Å². The highest BCUT2D eigenvalue weighted by Gasteiger charge is 2.36. The van der Waals surface area contributed by atoms with E-state index in [4.69, 9.17) is 16.3 Å². The van der Waals surface area contributed by atoms with Gasteiger partial charge in [-0.25, -0.2) is 8.42 Å². The highest BCUT2D eigenvalue weighted by Crippen LogP contribution is 2.36. The molecule has 0 aliphatic rings. The Labute approximate surface area is 269 Å². The van der Waals surface area contributed by atoms with Crippen LogP contribution >= 0.6 is 11.6 Å². The van der Waals surface area contributed by atoms with Crippen molar-refractivity contribution < 1.29 is 27.7 Å². The molecular weight excluding hydrogens is 620 g/mol. The predicted molar refractivity (Wildman–Crippen MR) is 174 cm³/mol. The van der Waals surface area contributed by atoms with Crippen LogP contribution in [0.3, 0.4) is 0 Å². The van der Waals surface area contributed by atoms with E-state index in [9.17, 15) is 28.1 Å². The molecule has 0 fully saturated rings. The largest absolute Gasteiger partial charge is 0.495 e. The Morgan fingerprint density at radius 3 is 2.31 bits per heavy atom. The number of nitro groups is 1. The number of anilines is 1. The quantitative estimate of drug-likeness (QED) is 0.188. The van der Waals surface area contributed by atoms with Gasteiger partial charge in [-0.1, -0.05) is 54.9 Å². The zero-order chi connectivity index (χ0) is 33.5. The molecule has 0 unspecified atom stereocenters. The molecule has 0 radical (unpaired) electrons. The molecule has 0 saturated carbocycles. The summed E-state index contributed by atoms with van der Waals surface area (Å²) in [5.41, 5.74) is 0.174. The van der Waals surface area contributed by atoms with Crippen molar-refractivity contribution in [3.05, 3.63) is 93.0 Å². The van der Waals surface area contributed by atoms with Crippen molar-refractivity contribution in [3.8, 4) is 5.75 Å². The second-order valence-corrected chi connectivity index (χ2v) is 13.8. The van der Waals surface area contributed by atoms with Gasteiger partial charge in [0.25, 0.3) is 15.7 Å². The first-order valence-electron chi connectivity index (χ1n) is 14.4. The predicted octanol–water partition coefficient (Wildman–Crippen LogP) is 5.53. The van der Waals surface area contributed by atoms with E-state index >= 15 is 0 Å². The Bertz CT molecular complexity index is 1640. The maximum Gasteiger partial charge on any atom is 0.273 e. The fourth-order valence-electron chi connectivity index (χ4n) is 4.79. The van der Waals surface area contributed by atoms with Crippen LogP contribution in [0.25, 0.3) is 0 Å². The Kier molecular flexibility index (Phi) is 11.6. The van der Waals surface area contributed by atoms with Crippen LogP contribution in [0, 0.1) is 17.0 Å². The number of nitrogens with zero attached hydrogens (tertiary/aromatic N) is 3. The Hall–Kier alpha value is -4.16. The van der Waals surface area contributed by atoms with Crippen molar-refractivity contribution in [2.24, 2.45) is 0 Å². The normalized spacial score (nSPS) is 12.2. The van der Waals surface area contributed by atoms with E-state index in [1.54, 1.807) is 6.92 Å². The fourth-order valence-corrected chi connectivity index (χ4v) is 6.40. The lowest BCUT2D eigenvalue weighted by atomic mass is 10.1. The van der Waals surface area contributed by atoms with Crippen molar-refractivity contribution in [1.82, 2.24) is 10.2 Å². The van der Waals surface area contributed by atoms with Crippen LogP contribution in [0.5, 0.6) is 5.75 Å². The number of nitrogens with one attached hydrogen (secondary N) is 1. The number of hydrogen-bond donors (Lipinski definition) is 1. The molecule has 11 nitrogen and oxygen atoms in total. The van der Waals surface area contributed by atoms with E-state index in [0.29, 0.717) is 6.42 Å². The third-order valence-corrected chi connectivity index (χ3v) is 9.01. The van der Waals surface area contributed by atoms with E-state index in [-0.39, 0.29) is 40.9 Å². The Balaban J connectivity index is 2.15. The number of nitro benzene ring substituents is 1. The van der Waals surface area contributed by atoms with E-state index < -0.39 is 49.6 Å². The number of ether oxygens (including phenoxy) is 1. The molecule has 2 amide bonds. The van der Waals surface area contributed by atoms with Gasteiger partial charge in [0.05, 0.1) is 22.6 Å². The minimum absolute atomic E-state index is 0.0446.